The lowest BCUT2D eigenvalue weighted by Gasteiger charge is -2.32. The molecule has 4 atom stereocenters. The van der Waals surface area contributed by atoms with Crippen LogP contribution in [0.4, 0.5) is 0 Å². The molecule has 3 heteroatoms. The molecule has 1 aromatic rings. The fraction of sp³-hybridized carbons (Fsp3) is 0.733. The van der Waals surface area contributed by atoms with Gasteiger partial charge in [-0.15, -0.1) is 11.3 Å². The lowest BCUT2D eigenvalue weighted by atomic mass is 9.84. The van der Waals surface area contributed by atoms with Gasteiger partial charge in [0.1, 0.15) is 0 Å². The molecule has 0 aromatic carbocycles. The van der Waals surface area contributed by atoms with Gasteiger partial charge in [-0.25, -0.2) is 0 Å². The van der Waals surface area contributed by atoms with E-state index in [-0.39, 0.29) is 0 Å². The molecule has 1 heterocycles. The number of hydrogen-bond donors (Lipinski definition) is 1. The number of hydrogen-bond acceptors (Lipinski definition) is 3. The number of nitrogens with zero attached hydrogens (tertiary/aromatic N) is 1. The number of fused-ring (bicyclic) bond motifs is 2. The Labute approximate surface area is 114 Å². The largest absolute Gasteiger partial charge is 0.327 e. The van der Waals surface area contributed by atoms with Gasteiger partial charge in [-0.3, -0.25) is 4.90 Å². The average molecular weight is 264 g/mol. The van der Waals surface area contributed by atoms with E-state index >= 15 is 0 Å². The summed E-state index contributed by atoms with van der Waals surface area (Å²) < 4.78 is 0. The smallest absolute Gasteiger partial charge is 0.0327 e. The van der Waals surface area contributed by atoms with Gasteiger partial charge >= 0.3 is 0 Å². The van der Waals surface area contributed by atoms with Crippen LogP contribution in [0, 0.1) is 17.8 Å². The highest BCUT2D eigenvalue weighted by molar-refractivity contribution is 7.09. The van der Waals surface area contributed by atoms with Gasteiger partial charge in [0.2, 0.25) is 0 Å². The van der Waals surface area contributed by atoms with Crippen molar-refractivity contribution in [1.82, 2.24) is 4.90 Å². The summed E-state index contributed by atoms with van der Waals surface area (Å²) in [5.74, 6) is 2.51. The summed E-state index contributed by atoms with van der Waals surface area (Å²) in [6.45, 7) is 5.72. The van der Waals surface area contributed by atoms with E-state index in [1.54, 1.807) is 0 Å². The molecule has 2 N–H and O–H groups in total. The van der Waals surface area contributed by atoms with E-state index in [2.05, 4.69) is 29.3 Å². The van der Waals surface area contributed by atoms with Crippen LogP contribution < -0.4 is 5.73 Å². The summed E-state index contributed by atoms with van der Waals surface area (Å²) in [6, 6.07) is 4.87. The lowest BCUT2D eigenvalue weighted by molar-refractivity contribution is 0.175. The Balaban J connectivity index is 1.60. The maximum Gasteiger partial charge on any atom is 0.0327 e. The van der Waals surface area contributed by atoms with Crippen molar-refractivity contribution in [3.05, 3.63) is 22.4 Å². The SMILES string of the molecule is CCN(Cc1cccs1)CC1C2CCC(C2)C1N. The van der Waals surface area contributed by atoms with Crippen molar-refractivity contribution in [3.8, 4) is 0 Å². The second-order valence-corrected chi connectivity index (χ2v) is 7.01. The number of rotatable bonds is 5. The topological polar surface area (TPSA) is 29.3 Å². The first kappa shape index (κ1) is 12.6. The Hall–Kier alpha value is -0.380. The first-order valence-corrected chi connectivity index (χ1v) is 8.16. The molecule has 2 bridgehead atoms. The van der Waals surface area contributed by atoms with Crippen molar-refractivity contribution in [3.63, 3.8) is 0 Å². The Kier molecular flexibility index (Phi) is 3.73. The van der Waals surface area contributed by atoms with E-state index in [1.807, 2.05) is 11.3 Å². The van der Waals surface area contributed by atoms with Crippen LogP contribution in [-0.2, 0) is 6.54 Å². The number of thiophene rings is 1. The summed E-state index contributed by atoms with van der Waals surface area (Å²) in [4.78, 5) is 4.06. The maximum absolute atomic E-state index is 6.42. The molecule has 2 saturated carbocycles. The molecule has 3 rings (SSSR count). The normalized spacial score (nSPS) is 34.6. The van der Waals surface area contributed by atoms with E-state index in [4.69, 9.17) is 5.73 Å². The van der Waals surface area contributed by atoms with Crippen LogP contribution in [0.25, 0.3) is 0 Å². The monoisotopic (exact) mass is 264 g/mol. The van der Waals surface area contributed by atoms with E-state index in [9.17, 15) is 0 Å². The zero-order valence-corrected chi connectivity index (χ0v) is 12.0. The van der Waals surface area contributed by atoms with Crippen LogP contribution in [0.1, 0.15) is 31.1 Å². The molecule has 1 aromatic heterocycles. The molecule has 0 radical (unpaired) electrons. The molecule has 0 saturated heterocycles. The highest BCUT2D eigenvalue weighted by atomic mass is 32.1. The minimum atomic E-state index is 0.473. The van der Waals surface area contributed by atoms with Crippen molar-refractivity contribution in [2.45, 2.75) is 38.8 Å². The van der Waals surface area contributed by atoms with E-state index in [1.165, 1.54) is 30.7 Å². The van der Waals surface area contributed by atoms with E-state index in [0.29, 0.717) is 6.04 Å². The average Bonchev–Trinajstić information content (AvgIpc) is 3.08. The standard InChI is InChI=1S/C15H24N2S/c1-2-17(9-13-4-3-7-18-13)10-14-11-5-6-12(8-11)15(14)16/h3-4,7,11-12,14-15H,2,5-6,8-10,16H2,1H3. The molecular formula is C15H24N2S. The molecule has 0 spiro atoms. The molecule has 100 valence electrons. The summed E-state index contributed by atoms with van der Waals surface area (Å²) in [6.07, 6.45) is 4.22. The zero-order chi connectivity index (χ0) is 12.5. The van der Waals surface area contributed by atoms with Crippen molar-refractivity contribution >= 4 is 11.3 Å². The molecule has 0 aliphatic heterocycles. The highest BCUT2D eigenvalue weighted by Crippen LogP contribution is 2.47. The molecule has 4 unspecified atom stereocenters. The van der Waals surface area contributed by atoms with Gasteiger partial charge in [0, 0.05) is 24.0 Å². The quantitative estimate of drug-likeness (QED) is 0.886. The van der Waals surface area contributed by atoms with Crippen LogP contribution in [0.5, 0.6) is 0 Å². The molecule has 18 heavy (non-hydrogen) atoms. The van der Waals surface area contributed by atoms with Crippen molar-refractivity contribution in [1.29, 1.82) is 0 Å². The van der Waals surface area contributed by atoms with Gasteiger partial charge in [0.05, 0.1) is 0 Å². The van der Waals surface area contributed by atoms with E-state index in [0.717, 1.165) is 30.8 Å². The van der Waals surface area contributed by atoms with Gasteiger partial charge < -0.3 is 5.73 Å². The van der Waals surface area contributed by atoms with E-state index < -0.39 is 0 Å². The molecular weight excluding hydrogens is 240 g/mol. The number of nitrogens with two attached hydrogens (primary N) is 1. The van der Waals surface area contributed by atoms with Crippen LogP contribution in [0.2, 0.25) is 0 Å². The van der Waals surface area contributed by atoms with Gasteiger partial charge in [-0.2, -0.15) is 0 Å². The highest BCUT2D eigenvalue weighted by Gasteiger charge is 2.45. The lowest BCUT2D eigenvalue weighted by Crippen LogP contribution is -2.42. The second-order valence-electron chi connectivity index (χ2n) is 5.98. The van der Waals surface area contributed by atoms with Crippen molar-refractivity contribution in [2.24, 2.45) is 23.5 Å². The predicted octanol–water partition coefficient (Wildman–Crippen LogP) is 2.94. The Bertz CT molecular complexity index is 374. The molecule has 2 nitrogen and oxygen atoms in total. The van der Waals surface area contributed by atoms with Crippen LogP contribution >= 0.6 is 11.3 Å². The molecule has 2 aliphatic carbocycles. The Morgan fingerprint density at radius 3 is 2.83 bits per heavy atom. The third kappa shape index (κ3) is 2.36. The Morgan fingerprint density at radius 1 is 1.39 bits per heavy atom. The van der Waals surface area contributed by atoms with Gasteiger partial charge in [0.15, 0.2) is 0 Å². The second kappa shape index (κ2) is 5.32. The van der Waals surface area contributed by atoms with Crippen LogP contribution in [0.15, 0.2) is 17.5 Å². The van der Waals surface area contributed by atoms with Gasteiger partial charge in [-0.1, -0.05) is 13.0 Å². The first-order valence-electron chi connectivity index (χ1n) is 7.28. The summed E-state index contributed by atoms with van der Waals surface area (Å²) in [5.41, 5.74) is 6.42. The van der Waals surface area contributed by atoms with Crippen LogP contribution in [0.3, 0.4) is 0 Å². The van der Waals surface area contributed by atoms with Crippen molar-refractivity contribution < 1.29 is 0 Å². The third-order valence-electron chi connectivity index (χ3n) is 5.03. The minimum Gasteiger partial charge on any atom is -0.327 e. The summed E-state index contributed by atoms with van der Waals surface area (Å²) in [5, 5.41) is 2.17. The summed E-state index contributed by atoms with van der Waals surface area (Å²) in [7, 11) is 0. The Morgan fingerprint density at radius 2 is 2.22 bits per heavy atom. The van der Waals surface area contributed by atoms with Crippen LogP contribution in [-0.4, -0.2) is 24.0 Å². The minimum absolute atomic E-state index is 0.473. The molecule has 2 fully saturated rings. The predicted molar refractivity (Wildman–Crippen MR) is 77.6 cm³/mol. The fourth-order valence-electron chi connectivity index (χ4n) is 3.95. The zero-order valence-electron chi connectivity index (χ0n) is 11.2. The third-order valence-corrected chi connectivity index (χ3v) is 5.89. The first-order chi connectivity index (χ1) is 8.78. The van der Waals surface area contributed by atoms with Gasteiger partial charge in [0.25, 0.3) is 0 Å². The summed E-state index contributed by atoms with van der Waals surface area (Å²) >= 11 is 1.87. The maximum atomic E-state index is 6.42. The molecule has 0 amide bonds. The molecule has 2 aliphatic rings. The van der Waals surface area contributed by atoms with Gasteiger partial charge in [-0.05, 0) is 55.0 Å². The van der Waals surface area contributed by atoms with Crippen molar-refractivity contribution in [2.75, 3.05) is 13.1 Å². The fourth-order valence-corrected chi connectivity index (χ4v) is 4.70.